The number of aliphatic hydroxyl groups is 1. The maximum Gasteiger partial charge on any atom is 0.123 e. The van der Waals surface area contributed by atoms with E-state index < -0.39 is 6.10 Å². The second-order valence-corrected chi connectivity index (χ2v) is 5.49. The number of thioether (sulfide) groups is 1. The summed E-state index contributed by atoms with van der Waals surface area (Å²) in [7, 11) is 0. The molecule has 0 aliphatic carbocycles. The normalized spacial score (nSPS) is 14.0. The predicted octanol–water partition coefficient (Wildman–Crippen LogP) is 3.32. The minimum atomic E-state index is -0.738. The van der Waals surface area contributed by atoms with Crippen LogP contribution in [0.5, 0.6) is 0 Å². The Morgan fingerprint density at radius 1 is 1.15 bits per heavy atom. The number of nitrogens with two attached hydrogens (primary N) is 1. The van der Waals surface area contributed by atoms with Crippen molar-refractivity contribution < 1.29 is 9.50 Å². The molecule has 2 atom stereocenters. The molecule has 106 valence electrons. The zero-order chi connectivity index (χ0) is 14.5. The fraction of sp³-hybridized carbons (Fsp3) is 0.250. The van der Waals surface area contributed by atoms with Gasteiger partial charge in [-0.25, -0.2) is 4.39 Å². The first-order chi connectivity index (χ1) is 9.65. The molecular weight excluding hydrogens is 273 g/mol. The second kappa shape index (κ2) is 6.88. The van der Waals surface area contributed by atoms with Crippen molar-refractivity contribution in [2.24, 2.45) is 5.73 Å². The lowest BCUT2D eigenvalue weighted by atomic mass is 9.89. The molecule has 0 aromatic heterocycles. The Morgan fingerprint density at radius 2 is 1.85 bits per heavy atom. The van der Waals surface area contributed by atoms with E-state index in [-0.39, 0.29) is 18.3 Å². The SMILES string of the molecule is CSc1ccc(C(O)C(CN)c2cccc(F)c2)cc1. The number of halogens is 1. The van der Waals surface area contributed by atoms with Gasteiger partial charge >= 0.3 is 0 Å². The zero-order valence-corrected chi connectivity index (χ0v) is 12.1. The Bertz CT molecular complexity index is 559. The van der Waals surface area contributed by atoms with Gasteiger partial charge in [0.1, 0.15) is 5.82 Å². The molecule has 3 N–H and O–H groups in total. The number of hydrogen-bond acceptors (Lipinski definition) is 3. The van der Waals surface area contributed by atoms with Crippen molar-refractivity contribution in [3.05, 3.63) is 65.5 Å². The van der Waals surface area contributed by atoms with E-state index in [0.29, 0.717) is 5.56 Å². The van der Waals surface area contributed by atoms with E-state index in [1.54, 1.807) is 23.9 Å². The summed E-state index contributed by atoms with van der Waals surface area (Å²) in [4.78, 5) is 1.14. The fourth-order valence-corrected chi connectivity index (χ4v) is 2.63. The van der Waals surface area contributed by atoms with Gasteiger partial charge in [-0.1, -0.05) is 24.3 Å². The number of aliphatic hydroxyl groups excluding tert-OH is 1. The summed E-state index contributed by atoms with van der Waals surface area (Å²) in [6, 6.07) is 13.9. The summed E-state index contributed by atoms with van der Waals surface area (Å²) in [5.41, 5.74) is 7.27. The van der Waals surface area contributed by atoms with Crippen LogP contribution in [0, 0.1) is 5.82 Å². The van der Waals surface area contributed by atoms with E-state index in [9.17, 15) is 9.50 Å². The van der Waals surface area contributed by atoms with Crippen molar-refractivity contribution in [2.75, 3.05) is 12.8 Å². The van der Waals surface area contributed by atoms with Crippen molar-refractivity contribution in [1.82, 2.24) is 0 Å². The maximum absolute atomic E-state index is 13.3. The van der Waals surface area contributed by atoms with Crippen LogP contribution in [0.15, 0.2) is 53.4 Å². The Hall–Kier alpha value is -1.36. The van der Waals surface area contributed by atoms with Gasteiger partial charge in [-0.15, -0.1) is 11.8 Å². The van der Waals surface area contributed by atoms with E-state index in [4.69, 9.17) is 5.73 Å². The topological polar surface area (TPSA) is 46.2 Å². The molecule has 0 heterocycles. The monoisotopic (exact) mass is 291 g/mol. The average Bonchev–Trinajstić information content (AvgIpc) is 2.48. The third-order valence-electron chi connectivity index (χ3n) is 3.37. The summed E-state index contributed by atoms with van der Waals surface area (Å²) < 4.78 is 13.3. The lowest BCUT2D eigenvalue weighted by Crippen LogP contribution is -2.20. The highest BCUT2D eigenvalue weighted by Gasteiger charge is 2.21. The second-order valence-electron chi connectivity index (χ2n) is 4.62. The molecule has 2 nitrogen and oxygen atoms in total. The van der Waals surface area contributed by atoms with Gasteiger partial charge in [-0.3, -0.25) is 0 Å². The minimum absolute atomic E-state index is 0.259. The fourth-order valence-electron chi connectivity index (χ4n) is 2.22. The molecule has 2 unspecified atom stereocenters. The molecule has 4 heteroatoms. The molecule has 0 aliphatic rings. The van der Waals surface area contributed by atoms with Gasteiger partial charge in [-0.05, 0) is 41.6 Å². The number of hydrogen-bond donors (Lipinski definition) is 2. The van der Waals surface area contributed by atoms with Crippen LogP contribution in [-0.2, 0) is 0 Å². The van der Waals surface area contributed by atoms with Gasteiger partial charge in [0.05, 0.1) is 6.10 Å². The summed E-state index contributed by atoms with van der Waals surface area (Å²) in [6.07, 6.45) is 1.26. The molecule has 0 bridgehead atoms. The van der Waals surface area contributed by atoms with E-state index >= 15 is 0 Å². The van der Waals surface area contributed by atoms with Crippen LogP contribution in [0.4, 0.5) is 4.39 Å². The predicted molar refractivity (Wildman–Crippen MR) is 81.4 cm³/mol. The van der Waals surface area contributed by atoms with E-state index in [0.717, 1.165) is 10.5 Å². The molecule has 0 saturated heterocycles. The van der Waals surface area contributed by atoms with E-state index in [1.807, 2.05) is 30.5 Å². The Balaban J connectivity index is 2.26. The lowest BCUT2D eigenvalue weighted by Gasteiger charge is -2.22. The van der Waals surface area contributed by atoms with Gasteiger partial charge in [0.15, 0.2) is 0 Å². The van der Waals surface area contributed by atoms with Gasteiger partial charge in [0.25, 0.3) is 0 Å². The van der Waals surface area contributed by atoms with Gasteiger partial charge in [0, 0.05) is 17.4 Å². The smallest absolute Gasteiger partial charge is 0.123 e. The van der Waals surface area contributed by atoms with Crippen LogP contribution in [0.2, 0.25) is 0 Å². The zero-order valence-electron chi connectivity index (χ0n) is 11.3. The molecule has 20 heavy (non-hydrogen) atoms. The molecule has 0 aliphatic heterocycles. The summed E-state index contributed by atoms with van der Waals surface area (Å²) in [5.74, 6) is -0.628. The number of benzene rings is 2. The van der Waals surface area contributed by atoms with Crippen molar-refractivity contribution in [3.63, 3.8) is 0 Å². The highest BCUT2D eigenvalue weighted by molar-refractivity contribution is 7.98. The molecule has 2 rings (SSSR count). The number of rotatable bonds is 5. The summed E-state index contributed by atoms with van der Waals surface area (Å²) in [5, 5.41) is 10.5. The first-order valence-electron chi connectivity index (χ1n) is 6.43. The lowest BCUT2D eigenvalue weighted by molar-refractivity contribution is 0.147. The third-order valence-corrected chi connectivity index (χ3v) is 4.11. The van der Waals surface area contributed by atoms with Crippen LogP contribution in [0.3, 0.4) is 0 Å². The standard InChI is InChI=1S/C16H18FNOS/c1-20-14-7-5-11(6-8-14)16(19)15(10-18)12-3-2-4-13(17)9-12/h2-9,15-16,19H,10,18H2,1H3. The molecule has 0 spiro atoms. The van der Waals surface area contributed by atoms with Gasteiger partial charge in [0.2, 0.25) is 0 Å². The molecule has 0 saturated carbocycles. The minimum Gasteiger partial charge on any atom is -0.388 e. The molecule has 0 radical (unpaired) electrons. The quantitative estimate of drug-likeness (QED) is 0.831. The van der Waals surface area contributed by atoms with Crippen LogP contribution in [0.25, 0.3) is 0 Å². The maximum atomic E-state index is 13.3. The van der Waals surface area contributed by atoms with E-state index in [1.165, 1.54) is 12.1 Å². The van der Waals surface area contributed by atoms with Crippen molar-refractivity contribution in [1.29, 1.82) is 0 Å². The first kappa shape index (κ1) is 15.0. The molecule has 0 amide bonds. The summed E-state index contributed by atoms with van der Waals surface area (Å²) in [6.45, 7) is 0.259. The van der Waals surface area contributed by atoms with Crippen LogP contribution in [-0.4, -0.2) is 17.9 Å². The van der Waals surface area contributed by atoms with Gasteiger partial charge in [-0.2, -0.15) is 0 Å². The Morgan fingerprint density at radius 3 is 2.40 bits per heavy atom. The molecule has 0 fully saturated rings. The van der Waals surface area contributed by atoms with E-state index in [2.05, 4.69) is 0 Å². The summed E-state index contributed by atoms with van der Waals surface area (Å²) >= 11 is 1.65. The van der Waals surface area contributed by atoms with Crippen LogP contribution in [0.1, 0.15) is 23.1 Å². The highest BCUT2D eigenvalue weighted by Crippen LogP contribution is 2.31. The van der Waals surface area contributed by atoms with Crippen molar-refractivity contribution >= 4 is 11.8 Å². The first-order valence-corrected chi connectivity index (χ1v) is 7.65. The van der Waals surface area contributed by atoms with Crippen molar-refractivity contribution in [3.8, 4) is 0 Å². The largest absolute Gasteiger partial charge is 0.388 e. The van der Waals surface area contributed by atoms with Gasteiger partial charge < -0.3 is 10.8 Å². The van der Waals surface area contributed by atoms with Crippen molar-refractivity contribution in [2.45, 2.75) is 16.9 Å². The Labute approximate surface area is 122 Å². The third kappa shape index (κ3) is 3.39. The molecular formula is C16H18FNOS. The average molecular weight is 291 g/mol. The molecule has 2 aromatic carbocycles. The molecule has 2 aromatic rings. The highest BCUT2D eigenvalue weighted by atomic mass is 32.2. The Kier molecular flexibility index (Phi) is 5.17. The van der Waals surface area contributed by atoms with Crippen LogP contribution < -0.4 is 5.73 Å². The van der Waals surface area contributed by atoms with Crippen LogP contribution >= 0.6 is 11.8 Å².